The summed E-state index contributed by atoms with van der Waals surface area (Å²) in [7, 11) is 1.65. The summed E-state index contributed by atoms with van der Waals surface area (Å²) in [5.74, 6) is 1.45. The molecule has 8 heteroatoms. The predicted molar refractivity (Wildman–Crippen MR) is 118 cm³/mol. The molecule has 1 amide bonds. The van der Waals surface area contributed by atoms with Gasteiger partial charge in [0.2, 0.25) is 5.91 Å². The van der Waals surface area contributed by atoms with Gasteiger partial charge in [0, 0.05) is 25.8 Å². The Morgan fingerprint density at radius 1 is 1.22 bits per heavy atom. The van der Waals surface area contributed by atoms with E-state index in [-0.39, 0.29) is 36.4 Å². The van der Waals surface area contributed by atoms with Crippen LogP contribution in [0.5, 0.6) is 5.75 Å². The van der Waals surface area contributed by atoms with Crippen molar-refractivity contribution in [3.05, 3.63) is 29.8 Å². The second-order valence-corrected chi connectivity index (χ2v) is 6.19. The zero-order valence-electron chi connectivity index (χ0n) is 16.1. The molecule has 1 fully saturated rings. The lowest BCUT2D eigenvalue weighted by Crippen LogP contribution is -2.44. The average molecular weight is 490 g/mol. The molecule has 0 spiro atoms. The lowest BCUT2D eigenvalue weighted by atomic mass is 10.2. The third kappa shape index (κ3) is 10.4. The first-order valence-electron chi connectivity index (χ1n) is 9.23. The summed E-state index contributed by atoms with van der Waals surface area (Å²) >= 11 is 0. The van der Waals surface area contributed by atoms with Gasteiger partial charge in [0.25, 0.3) is 0 Å². The maximum Gasteiger partial charge on any atom is 0.239 e. The third-order valence-electron chi connectivity index (χ3n) is 3.90. The number of carbonyl (C=O) groups excluding carboxylic acids is 1. The number of amides is 1. The van der Waals surface area contributed by atoms with Gasteiger partial charge >= 0.3 is 0 Å². The van der Waals surface area contributed by atoms with Gasteiger partial charge < -0.3 is 25.4 Å². The van der Waals surface area contributed by atoms with Crippen LogP contribution < -0.4 is 20.7 Å². The van der Waals surface area contributed by atoms with Gasteiger partial charge in [-0.05, 0) is 43.9 Å². The van der Waals surface area contributed by atoms with Crippen LogP contribution in [0.3, 0.4) is 0 Å². The van der Waals surface area contributed by atoms with Gasteiger partial charge in [-0.2, -0.15) is 0 Å². The fourth-order valence-electron chi connectivity index (χ4n) is 2.27. The summed E-state index contributed by atoms with van der Waals surface area (Å²) in [6, 6.07) is 8.15. The number of benzene rings is 1. The Morgan fingerprint density at radius 3 is 2.59 bits per heavy atom. The number of hydrogen-bond donors (Lipinski definition) is 3. The van der Waals surface area contributed by atoms with Crippen LogP contribution in [-0.2, 0) is 16.1 Å². The van der Waals surface area contributed by atoms with Gasteiger partial charge in [-0.15, -0.1) is 24.0 Å². The highest BCUT2D eigenvalue weighted by atomic mass is 127. The van der Waals surface area contributed by atoms with Crippen molar-refractivity contribution in [2.45, 2.75) is 38.8 Å². The van der Waals surface area contributed by atoms with Crippen LogP contribution in [0.4, 0.5) is 0 Å². The third-order valence-corrected chi connectivity index (χ3v) is 3.90. The maximum atomic E-state index is 11.9. The van der Waals surface area contributed by atoms with Crippen molar-refractivity contribution in [1.82, 2.24) is 16.0 Å². The van der Waals surface area contributed by atoms with E-state index in [1.807, 2.05) is 31.2 Å². The lowest BCUT2D eigenvalue weighted by molar-refractivity contribution is -0.120. The van der Waals surface area contributed by atoms with E-state index < -0.39 is 0 Å². The molecule has 1 saturated carbocycles. The van der Waals surface area contributed by atoms with Crippen LogP contribution in [0.25, 0.3) is 0 Å². The van der Waals surface area contributed by atoms with E-state index in [2.05, 4.69) is 20.9 Å². The quantitative estimate of drug-likeness (QED) is 0.192. The molecule has 7 nitrogen and oxygen atoms in total. The number of nitrogens with one attached hydrogen (secondary N) is 3. The predicted octanol–water partition coefficient (Wildman–Crippen LogP) is 2.05. The number of carbonyl (C=O) groups is 1. The summed E-state index contributed by atoms with van der Waals surface area (Å²) in [4.78, 5) is 16.4. The Morgan fingerprint density at radius 2 is 1.96 bits per heavy atom. The number of rotatable bonds is 11. The Balaban J connectivity index is 0.00000364. The first kappa shape index (κ1) is 23.5. The largest absolute Gasteiger partial charge is 0.497 e. The van der Waals surface area contributed by atoms with Crippen LogP contribution in [0.1, 0.15) is 31.7 Å². The van der Waals surface area contributed by atoms with Crippen molar-refractivity contribution in [3.8, 4) is 5.75 Å². The summed E-state index contributed by atoms with van der Waals surface area (Å²) in [5, 5.41) is 9.31. The molecule has 0 unspecified atom stereocenters. The number of halogens is 1. The molecule has 2 rings (SSSR count). The van der Waals surface area contributed by atoms with E-state index in [0.717, 1.165) is 43.7 Å². The molecule has 0 atom stereocenters. The van der Waals surface area contributed by atoms with Gasteiger partial charge in [-0.1, -0.05) is 12.1 Å². The minimum absolute atomic E-state index is 0. The molecule has 1 aliphatic rings. The second-order valence-electron chi connectivity index (χ2n) is 6.19. The highest BCUT2D eigenvalue weighted by Crippen LogP contribution is 2.18. The van der Waals surface area contributed by atoms with Gasteiger partial charge in [0.1, 0.15) is 5.75 Å². The Bertz CT molecular complexity index is 577. The molecule has 0 bridgehead atoms. The molecule has 0 aliphatic heterocycles. The zero-order chi connectivity index (χ0) is 18.6. The zero-order valence-corrected chi connectivity index (χ0v) is 18.5. The summed E-state index contributed by atoms with van der Waals surface area (Å²) in [6.45, 7) is 4.88. The van der Waals surface area contributed by atoms with Gasteiger partial charge in [-0.3, -0.25) is 4.79 Å². The normalized spacial score (nSPS) is 13.5. The minimum Gasteiger partial charge on any atom is -0.497 e. The molecular formula is C19H31IN4O3. The SMILES string of the molecule is CCOCCCNC(=NCc1ccc(OC)cc1)NCC(=O)NC1CC1.I. The molecule has 0 aromatic heterocycles. The molecule has 1 aliphatic carbocycles. The lowest BCUT2D eigenvalue weighted by Gasteiger charge is -2.13. The average Bonchev–Trinajstić information content (AvgIpc) is 3.47. The second kappa shape index (κ2) is 13.6. The van der Waals surface area contributed by atoms with Crippen LogP contribution in [0.2, 0.25) is 0 Å². The highest BCUT2D eigenvalue weighted by molar-refractivity contribution is 14.0. The molecule has 27 heavy (non-hydrogen) atoms. The van der Waals surface area contributed by atoms with E-state index in [1.54, 1.807) is 7.11 Å². The van der Waals surface area contributed by atoms with Crippen LogP contribution in [-0.4, -0.2) is 51.3 Å². The molecule has 3 N–H and O–H groups in total. The number of ether oxygens (including phenoxy) is 2. The Hall–Kier alpha value is -1.55. The molecule has 0 saturated heterocycles. The molecule has 0 heterocycles. The molecule has 152 valence electrons. The van der Waals surface area contributed by atoms with Crippen molar-refractivity contribution >= 4 is 35.8 Å². The maximum absolute atomic E-state index is 11.9. The first-order chi connectivity index (χ1) is 12.7. The fourth-order valence-corrected chi connectivity index (χ4v) is 2.27. The van der Waals surface area contributed by atoms with E-state index in [9.17, 15) is 4.79 Å². The summed E-state index contributed by atoms with van der Waals surface area (Å²) in [6.07, 6.45) is 3.05. The smallest absolute Gasteiger partial charge is 0.239 e. The number of hydrogen-bond acceptors (Lipinski definition) is 4. The van der Waals surface area contributed by atoms with Gasteiger partial charge in [0.05, 0.1) is 20.2 Å². The number of aliphatic imine (C=N–C) groups is 1. The van der Waals surface area contributed by atoms with E-state index in [4.69, 9.17) is 9.47 Å². The van der Waals surface area contributed by atoms with E-state index >= 15 is 0 Å². The summed E-state index contributed by atoms with van der Waals surface area (Å²) < 4.78 is 10.5. The number of methoxy groups -OCH3 is 1. The highest BCUT2D eigenvalue weighted by Gasteiger charge is 2.22. The van der Waals surface area contributed by atoms with E-state index in [0.29, 0.717) is 25.2 Å². The molecule has 1 aromatic carbocycles. The van der Waals surface area contributed by atoms with Crippen molar-refractivity contribution < 1.29 is 14.3 Å². The first-order valence-corrected chi connectivity index (χ1v) is 9.23. The Labute approximate surface area is 178 Å². The molecular weight excluding hydrogens is 459 g/mol. The van der Waals surface area contributed by atoms with Crippen molar-refractivity contribution in [2.75, 3.05) is 33.4 Å². The van der Waals surface area contributed by atoms with Crippen molar-refractivity contribution in [3.63, 3.8) is 0 Å². The van der Waals surface area contributed by atoms with Crippen LogP contribution in [0, 0.1) is 0 Å². The summed E-state index contributed by atoms with van der Waals surface area (Å²) in [5.41, 5.74) is 1.07. The number of nitrogens with zero attached hydrogens (tertiary/aromatic N) is 1. The van der Waals surface area contributed by atoms with Crippen molar-refractivity contribution in [1.29, 1.82) is 0 Å². The Kier molecular flexibility index (Phi) is 11.8. The van der Waals surface area contributed by atoms with Crippen LogP contribution >= 0.6 is 24.0 Å². The van der Waals surface area contributed by atoms with Crippen molar-refractivity contribution in [2.24, 2.45) is 4.99 Å². The topological polar surface area (TPSA) is 84.0 Å². The number of guanidine groups is 1. The molecule has 1 aromatic rings. The molecule has 0 radical (unpaired) electrons. The fraction of sp³-hybridized carbons (Fsp3) is 0.579. The van der Waals surface area contributed by atoms with Gasteiger partial charge in [0.15, 0.2) is 5.96 Å². The van der Waals surface area contributed by atoms with Gasteiger partial charge in [-0.25, -0.2) is 4.99 Å². The monoisotopic (exact) mass is 490 g/mol. The van der Waals surface area contributed by atoms with E-state index in [1.165, 1.54) is 0 Å². The standard InChI is InChI=1S/C19H30N4O3.HI/c1-3-26-12-4-11-20-19(22-14-18(24)23-16-7-8-16)21-13-15-5-9-17(25-2)10-6-15;/h5-6,9-10,16H,3-4,7-8,11-14H2,1-2H3,(H,23,24)(H2,20,21,22);1H. The van der Waals surface area contributed by atoms with Crippen LogP contribution in [0.15, 0.2) is 29.3 Å². The minimum atomic E-state index is 0.